The van der Waals surface area contributed by atoms with Crippen LogP contribution in [0.5, 0.6) is 0 Å². The Morgan fingerprint density at radius 2 is 2.39 bits per heavy atom. The molecule has 9 heteroatoms. The maximum atomic E-state index is 12.5. The number of imidazole rings is 1. The van der Waals surface area contributed by atoms with Gasteiger partial charge in [0, 0.05) is 25.9 Å². The van der Waals surface area contributed by atoms with Crippen molar-refractivity contribution in [1.29, 1.82) is 0 Å². The summed E-state index contributed by atoms with van der Waals surface area (Å²) in [5, 5.41) is 4.47. The molecule has 124 valence electrons. The number of H-pyrrole nitrogens is 1. The first-order valence-electron chi connectivity index (χ1n) is 7.28. The molecule has 0 radical (unpaired) electrons. The molecule has 0 aliphatic carbocycles. The third-order valence-corrected chi connectivity index (χ3v) is 7.04. The first-order chi connectivity index (χ1) is 11.0. The van der Waals surface area contributed by atoms with Gasteiger partial charge in [-0.15, -0.1) is 11.3 Å². The third-order valence-electron chi connectivity index (χ3n) is 3.80. The molecule has 0 aromatic carbocycles. The molecule has 2 aromatic rings. The van der Waals surface area contributed by atoms with E-state index in [0.29, 0.717) is 23.8 Å². The highest BCUT2D eigenvalue weighted by Gasteiger charge is 2.34. The zero-order valence-corrected chi connectivity index (χ0v) is 14.3. The largest absolute Gasteiger partial charge is 0.351 e. The average Bonchev–Trinajstić information content (AvgIpc) is 3.23. The normalized spacial score (nSPS) is 19.1. The molecule has 3 rings (SSSR count). The van der Waals surface area contributed by atoms with Gasteiger partial charge in [-0.25, -0.2) is 13.4 Å². The molecule has 2 N–H and O–H groups in total. The molecule has 1 aliphatic heterocycles. The summed E-state index contributed by atoms with van der Waals surface area (Å²) in [5.41, 5.74) is 0.815. The van der Waals surface area contributed by atoms with Crippen molar-refractivity contribution in [1.82, 2.24) is 19.6 Å². The number of hydrogen-bond acceptors (Lipinski definition) is 5. The van der Waals surface area contributed by atoms with Crippen LogP contribution < -0.4 is 5.32 Å². The van der Waals surface area contributed by atoms with Crippen molar-refractivity contribution in [3.63, 3.8) is 0 Å². The van der Waals surface area contributed by atoms with Gasteiger partial charge in [-0.1, -0.05) is 6.07 Å². The van der Waals surface area contributed by atoms with Crippen molar-refractivity contribution in [2.75, 3.05) is 13.1 Å². The van der Waals surface area contributed by atoms with Gasteiger partial charge >= 0.3 is 0 Å². The van der Waals surface area contributed by atoms with Gasteiger partial charge < -0.3 is 10.3 Å². The van der Waals surface area contributed by atoms with E-state index in [9.17, 15) is 13.2 Å². The fourth-order valence-corrected chi connectivity index (χ4v) is 5.25. The van der Waals surface area contributed by atoms with Gasteiger partial charge in [-0.3, -0.25) is 4.79 Å². The number of nitrogens with one attached hydrogen (secondary N) is 2. The van der Waals surface area contributed by atoms with Crippen molar-refractivity contribution < 1.29 is 13.2 Å². The Morgan fingerprint density at radius 3 is 3.09 bits per heavy atom. The Balaban J connectivity index is 1.67. The Hall–Kier alpha value is -1.71. The van der Waals surface area contributed by atoms with E-state index in [1.807, 2.05) is 0 Å². The molecule has 1 aliphatic rings. The summed E-state index contributed by atoms with van der Waals surface area (Å²) in [5.74, 6) is 0.722. The Labute approximate surface area is 138 Å². The molecule has 1 saturated heterocycles. The zero-order chi connectivity index (χ0) is 16.4. The lowest BCUT2D eigenvalue weighted by atomic mass is 10.1. The van der Waals surface area contributed by atoms with Crippen molar-refractivity contribution in [2.45, 2.75) is 30.0 Å². The van der Waals surface area contributed by atoms with Gasteiger partial charge in [0.15, 0.2) is 0 Å². The minimum atomic E-state index is -3.40. The summed E-state index contributed by atoms with van der Waals surface area (Å²) in [7, 11) is -3.40. The predicted octanol–water partition coefficient (Wildman–Crippen LogP) is 1.29. The highest BCUT2D eigenvalue weighted by atomic mass is 32.2. The van der Waals surface area contributed by atoms with Crippen LogP contribution in [0.2, 0.25) is 0 Å². The predicted molar refractivity (Wildman–Crippen MR) is 86.5 cm³/mol. The summed E-state index contributed by atoms with van der Waals surface area (Å²) in [6, 6.07) is 3.37. The second kappa shape index (κ2) is 6.42. The second-order valence-corrected chi connectivity index (χ2v) is 8.60. The van der Waals surface area contributed by atoms with Crippen LogP contribution in [0.15, 0.2) is 27.9 Å². The molecule has 0 spiro atoms. The number of carbonyl (C=O) groups excluding carboxylic acids is 1. The topological polar surface area (TPSA) is 95.2 Å². The molecule has 3 heterocycles. The van der Waals surface area contributed by atoms with Gasteiger partial charge in [0.1, 0.15) is 10.0 Å². The number of rotatable bonds is 5. The maximum absolute atomic E-state index is 12.5. The molecular weight excluding hydrogens is 336 g/mol. The molecule has 0 saturated carbocycles. The number of amides is 1. The van der Waals surface area contributed by atoms with Crippen LogP contribution in [0, 0.1) is 0 Å². The van der Waals surface area contributed by atoms with E-state index < -0.39 is 10.0 Å². The number of sulfonamides is 1. The number of thiophene rings is 1. The number of aromatic amines is 1. The van der Waals surface area contributed by atoms with Crippen LogP contribution in [0.3, 0.4) is 0 Å². The van der Waals surface area contributed by atoms with E-state index in [1.165, 1.54) is 22.6 Å². The van der Waals surface area contributed by atoms with Gasteiger partial charge in [0.25, 0.3) is 10.0 Å². The van der Waals surface area contributed by atoms with E-state index in [2.05, 4.69) is 15.3 Å². The molecule has 2 aromatic heterocycles. The number of carbonyl (C=O) groups is 1. The summed E-state index contributed by atoms with van der Waals surface area (Å²) in [6.07, 6.45) is 2.42. The zero-order valence-electron chi connectivity index (χ0n) is 12.7. The molecular formula is C14H18N4O3S2. The molecule has 1 atom stereocenters. The molecule has 0 unspecified atom stereocenters. The van der Waals surface area contributed by atoms with Crippen LogP contribution in [-0.4, -0.2) is 41.7 Å². The molecule has 0 bridgehead atoms. The van der Waals surface area contributed by atoms with E-state index in [-0.39, 0.29) is 11.8 Å². The van der Waals surface area contributed by atoms with E-state index in [4.69, 9.17) is 0 Å². The summed E-state index contributed by atoms with van der Waals surface area (Å²) >= 11 is 1.23. The SMILES string of the molecule is CC(=O)NCc1cnc([C@H]2CCN(S(=O)(=O)c3cccs3)C2)[nH]1. The Bertz CT molecular complexity index is 783. The summed E-state index contributed by atoms with van der Waals surface area (Å²) in [6.45, 7) is 2.77. The Morgan fingerprint density at radius 1 is 1.57 bits per heavy atom. The van der Waals surface area contributed by atoms with Crippen LogP contribution in [0.25, 0.3) is 0 Å². The van der Waals surface area contributed by atoms with E-state index in [1.54, 1.807) is 23.7 Å². The first-order valence-corrected chi connectivity index (χ1v) is 9.60. The van der Waals surface area contributed by atoms with Crippen LogP contribution in [-0.2, 0) is 21.4 Å². The van der Waals surface area contributed by atoms with Gasteiger partial charge in [-0.2, -0.15) is 4.31 Å². The summed E-state index contributed by atoms with van der Waals surface area (Å²) < 4.78 is 26.9. The minimum Gasteiger partial charge on any atom is -0.351 e. The lowest BCUT2D eigenvalue weighted by Gasteiger charge is -2.14. The standard InChI is InChI=1S/C14H18N4O3S2/c1-10(19)15-7-12-8-16-14(17-12)11-4-5-18(9-11)23(20,21)13-3-2-6-22-13/h2-3,6,8,11H,4-5,7,9H2,1H3,(H,15,19)(H,16,17)/t11-/m0/s1. The fourth-order valence-electron chi connectivity index (χ4n) is 2.60. The Kier molecular flexibility index (Phi) is 4.51. The van der Waals surface area contributed by atoms with E-state index in [0.717, 1.165) is 17.9 Å². The highest BCUT2D eigenvalue weighted by Crippen LogP contribution is 2.31. The van der Waals surface area contributed by atoms with Crippen LogP contribution in [0.1, 0.15) is 30.8 Å². The van der Waals surface area contributed by atoms with Crippen molar-refractivity contribution in [2.24, 2.45) is 0 Å². The monoisotopic (exact) mass is 354 g/mol. The summed E-state index contributed by atoms with van der Waals surface area (Å²) in [4.78, 5) is 18.4. The number of nitrogens with zero attached hydrogens (tertiary/aromatic N) is 2. The molecule has 23 heavy (non-hydrogen) atoms. The van der Waals surface area contributed by atoms with Crippen LogP contribution in [0.4, 0.5) is 0 Å². The first kappa shape index (κ1) is 16.2. The van der Waals surface area contributed by atoms with Crippen molar-refractivity contribution in [3.8, 4) is 0 Å². The van der Waals surface area contributed by atoms with Crippen molar-refractivity contribution >= 4 is 27.3 Å². The molecule has 1 fully saturated rings. The van der Waals surface area contributed by atoms with Gasteiger partial charge in [0.05, 0.1) is 18.4 Å². The average molecular weight is 354 g/mol. The third kappa shape index (κ3) is 3.46. The quantitative estimate of drug-likeness (QED) is 0.846. The minimum absolute atomic E-state index is 0.0517. The highest BCUT2D eigenvalue weighted by molar-refractivity contribution is 7.91. The molecule has 7 nitrogen and oxygen atoms in total. The van der Waals surface area contributed by atoms with Gasteiger partial charge in [0.2, 0.25) is 5.91 Å². The number of hydrogen-bond donors (Lipinski definition) is 2. The lowest BCUT2D eigenvalue weighted by molar-refractivity contribution is -0.119. The van der Waals surface area contributed by atoms with E-state index >= 15 is 0 Å². The van der Waals surface area contributed by atoms with Crippen molar-refractivity contribution in [3.05, 3.63) is 35.2 Å². The maximum Gasteiger partial charge on any atom is 0.252 e. The lowest BCUT2D eigenvalue weighted by Crippen LogP contribution is -2.28. The number of aromatic nitrogens is 2. The fraction of sp³-hybridized carbons (Fsp3) is 0.429. The molecule has 1 amide bonds. The van der Waals surface area contributed by atoms with Gasteiger partial charge in [-0.05, 0) is 17.9 Å². The second-order valence-electron chi connectivity index (χ2n) is 5.48. The van der Waals surface area contributed by atoms with Crippen LogP contribution >= 0.6 is 11.3 Å². The smallest absolute Gasteiger partial charge is 0.252 e.